The van der Waals surface area contributed by atoms with Gasteiger partial charge in [0.2, 0.25) is 0 Å². The molecule has 2 aromatic carbocycles. The van der Waals surface area contributed by atoms with Gasteiger partial charge in [0, 0.05) is 13.0 Å². The van der Waals surface area contributed by atoms with Crippen molar-refractivity contribution in [2.24, 2.45) is 0 Å². The molecule has 26 heavy (non-hydrogen) atoms. The molecule has 3 unspecified atom stereocenters. The molecule has 5 nitrogen and oxygen atoms in total. The Hall–Kier alpha value is -2.37. The maximum atomic E-state index is 12.2. The summed E-state index contributed by atoms with van der Waals surface area (Å²) in [6.07, 6.45) is 0.415. The predicted octanol–water partition coefficient (Wildman–Crippen LogP) is 2.11. The first kappa shape index (κ1) is 18.4. The lowest BCUT2D eigenvalue weighted by molar-refractivity contribution is -0.153. The van der Waals surface area contributed by atoms with Gasteiger partial charge >= 0.3 is 5.97 Å². The Bertz CT molecular complexity index is 702. The van der Waals surface area contributed by atoms with Gasteiger partial charge in [0.05, 0.1) is 13.2 Å². The zero-order chi connectivity index (χ0) is 18.4. The predicted molar refractivity (Wildman–Crippen MR) is 99.1 cm³/mol. The highest BCUT2D eigenvalue weighted by Crippen LogP contribution is 2.20. The van der Waals surface area contributed by atoms with Crippen LogP contribution in [0.25, 0.3) is 0 Å². The third-order valence-corrected chi connectivity index (χ3v) is 4.71. The molecule has 1 aliphatic rings. The van der Waals surface area contributed by atoms with Crippen LogP contribution in [0.1, 0.15) is 17.5 Å². The number of β-amino-alcohol motifs (C(OH)–C–C–N with tert-alkyl or cyclic N) is 1. The van der Waals surface area contributed by atoms with Crippen LogP contribution >= 0.6 is 0 Å². The molecule has 3 atom stereocenters. The number of esters is 1. The van der Waals surface area contributed by atoms with Crippen molar-refractivity contribution in [3.8, 4) is 5.75 Å². The van der Waals surface area contributed by atoms with Crippen molar-refractivity contribution in [1.82, 2.24) is 5.32 Å². The first-order valence-corrected chi connectivity index (χ1v) is 8.93. The molecule has 0 aliphatic carbocycles. The lowest BCUT2D eigenvalue weighted by Crippen LogP contribution is -2.39. The molecule has 1 aliphatic heterocycles. The van der Waals surface area contributed by atoms with Gasteiger partial charge in [0.15, 0.2) is 0 Å². The highest BCUT2D eigenvalue weighted by atomic mass is 16.6. The molecule has 0 amide bonds. The van der Waals surface area contributed by atoms with Gasteiger partial charge in [-0.3, -0.25) is 4.79 Å². The van der Waals surface area contributed by atoms with E-state index in [1.165, 1.54) is 0 Å². The maximum absolute atomic E-state index is 12.2. The Labute approximate surface area is 153 Å². The third-order valence-electron chi connectivity index (χ3n) is 4.71. The monoisotopic (exact) mass is 355 g/mol. The number of hydrogen-bond acceptors (Lipinski definition) is 5. The van der Waals surface area contributed by atoms with Gasteiger partial charge in [0.25, 0.3) is 0 Å². The zero-order valence-corrected chi connectivity index (χ0v) is 14.9. The number of benzene rings is 2. The van der Waals surface area contributed by atoms with E-state index in [9.17, 15) is 9.90 Å². The summed E-state index contributed by atoms with van der Waals surface area (Å²) in [7, 11) is 1.63. The minimum absolute atomic E-state index is 0.0981. The summed E-state index contributed by atoms with van der Waals surface area (Å²) in [5, 5.41) is 13.4. The van der Waals surface area contributed by atoms with Gasteiger partial charge in [-0.2, -0.15) is 0 Å². The molecule has 0 bridgehead atoms. The van der Waals surface area contributed by atoms with Crippen molar-refractivity contribution in [1.29, 1.82) is 0 Å². The lowest BCUT2D eigenvalue weighted by atomic mass is 10.0. The second kappa shape index (κ2) is 8.83. The third kappa shape index (κ3) is 4.84. The zero-order valence-electron chi connectivity index (χ0n) is 14.9. The smallest absolute Gasteiger partial charge is 0.306 e. The Morgan fingerprint density at radius 1 is 1.12 bits per heavy atom. The molecule has 2 N–H and O–H groups in total. The van der Waals surface area contributed by atoms with E-state index in [4.69, 9.17) is 9.47 Å². The van der Waals surface area contributed by atoms with E-state index < -0.39 is 12.2 Å². The fraction of sp³-hybridized carbons (Fsp3) is 0.381. The van der Waals surface area contributed by atoms with E-state index in [1.807, 2.05) is 54.6 Å². The van der Waals surface area contributed by atoms with Gasteiger partial charge in [0.1, 0.15) is 18.0 Å². The largest absolute Gasteiger partial charge is 0.497 e. The van der Waals surface area contributed by atoms with Crippen molar-refractivity contribution in [3.63, 3.8) is 0 Å². The molecule has 3 rings (SSSR count). The van der Waals surface area contributed by atoms with E-state index in [0.717, 1.165) is 16.9 Å². The van der Waals surface area contributed by atoms with Crippen LogP contribution in [0.15, 0.2) is 54.6 Å². The quantitative estimate of drug-likeness (QED) is 0.745. The summed E-state index contributed by atoms with van der Waals surface area (Å²) >= 11 is 0. The van der Waals surface area contributed by atoms with Crippen molar-refractivity contribution in [3.05, 3.63) is 65.7 Å². The number of aliphatic hydroxyl groups is 1. The van der Waals surface area contributed by atoms with Crippen LogP contribution in [-0.2, 0) is 22.4 Å². The first-order chi connectivity index (χ1) is 12.7. The molecule has 0 aromatic heterocycles. The Morgan fingerprint density at radius 2 is 1.85 bits per heavy atom. The topological polar surface area (TPSA) is 67.8 Å². The average Bonchev–Trinajstić information content (AvgIpc) is 3.01. The van der Waals surface area contributed by atoms with Crippen LogP contribution in [0, 0.1) is 0 Å². The number of hydrogen-bond donors (Lipinski definition) is 2. The minimum Gasteiger partial charge on any atom is -0.497 e. The second-order valence-electron chi connectivity index (χ2n) is 6.57. The molecule has 5 heteroatoms. The van der Waals surface area contributed by atoms with E-state index in [-0.39, 0.29) is 12.0 Å². The summed E-state index contributed by atoms with van der Waals surface area (Å²) < 4.78 is 10.8. The number of aliphatic hydroxyl groups excluding tert-OH is 1. The van der Waals surface area contributed by atoms with Crippen LogP contribution in [0.2, 0.25) is 0 Å². The highest BCUT2D eigenvalue weighted by Gasteiger charge is 2.37. The molecule has 0 saturated carbocycles. The summed E-state index contributed by atoms with van der Waals surface area (Å²) in [6.45, 7) is 0.428. The van der Waals surface area contributed by atoms with Gasteiger partial charge < -0.3 is 19.9 Å². The van der Waals surface area contributed by atoms with Gasteiger partial charge in [-0.25, -0.2) is 0 Å². The Morgan fingerprint density at radius 3 is 2.54 bits per heavy atom. The Balaban J connectivity index is 1.54. The van der Waals surface area contributed by atoms with Crippen molar-refractivity contribution in [2.45, 2.75) is 37.5 Å². The van der Waals surface area contributed by atoms with E-state index in [2.05, 4.69) is 5.32 Å². The van der Waals surface area contributed by atoms with Crippen molar-refractivity contribution in [2.75, 3.05) is 13.7 Å². The Kier molecular flexibility index (Phi) is 6.26. The fourth-order valence-corrected chi connectivity index (χ4v) is 3.24. The molecule has 1 saturated heterocycles. The highest BCUT2D eigenvalue weighted by molar-refractivity contribution is 5.70. The molecular formula is C21H25NO4. The summed E-state index contributed by atoms with van der Waals surface area (Å²) in [6, 6.07) is 17.5. The van der Waals surface area contributed by atoms with Gasteiger partial charge in [-0.05, 0) is 36.1 Å². The molecule has 1 fully saturated rings. The van der Waals surface area contributed by atoms with Gasteiger partial charge in [-0.15, -0.1) is 0 Å². The normalized spacial score (nSPS) is 22.2. The molecule has 2 aromatic rings. The van der Waals surface area contributed by atoms with E-state index in [1.54, 1.807) is 7.11 Å². The minimum atomic E-state index is -0.682. The molecule has 0 radical (unpaired) electrons. The van der Waals surface area contributed by atoms with Crippen LogP contribution in [0.5, 0.6) is 5.75 Å². The molecule has 0 spiro atoms. The summed E-state index contributed by atoms with van der Waals surface area (Å²) in [5.41, 5.74) is 2.20. The van der Waals surface area contributed by atoms with Crippen molar-refractivity contribution >= 4 is 5.97 Å². The van der Waals surface area contributed by atoms with E-state index >= 15 is 0 Å². The van der Waals surface area contributed by atoms with E-state index in [0.29, 0.717) is 25.8 Å². The summed E-state index contributed by atoms with van der Waals surface area (Å²) in [5.74, 6) is 0.526. The standard InChI is InChI=1S/C21H25NO4/c1-25-17-10-7-16(8-11-17)13-18-21(19(23)14-22-18)26-20(24)12-9-15-5-3-2-4-6-15/h2-8,10-11,18-19,21-23H,9,12-14H2,1H3. The number of carbonyl (C=O) groups is 1. The number of nitrogens with one attached hydrogen (secondary N) is 1. The molecule has 138 valence electrons. The lowest BCUT2D eigenvalue weighted by Gasteiger charge is -2.22. The van der Waals surface area contributed by atoms with Crippen LogP contribution < -0.4 is 10.1 Å². The van der Waals surface area contributed by atoms with Crippen LogP contribution in [0.3, 0.4) is 0 Å². The first-order valence-electron chi connectivity index (χ1n) is 8.93. The number of rotatable bonds is 7. The van der Waals surface area contributed by atoms with Crippen LogP contribution in [-0.4, -0.2) is 43.0 Å². The van der Waals surface area contributed by atoms with Crippen molar-refractivity contribution < 1.29 is 19.4 Å². The maximum Gasteiger partial charge on any atom is 0.306 e. The summed E-state index contributed by atoms with van der Waals surface area (Å²) in [4.78, 5) is 12.2. The number of ether oxygens (including phenoxy) is 2. The SMILES string of the molecule is COc1ccc(CC2NCC(O)C2OC(=O)CCc2ccccc2)cc1. The molecular weight excluding hydrogens is 330 g/mol. The molecule has 1 heterocycles. The number of carbonyl (C=O) groups excluding carboxylic acids is 1. The van der Waals surface area contributed by atoms with Gasteiger partial charge in [-0.1, -0.05) is 42.5 Å². The number of methoxy groups -OCH3 is 1. The van der Waals surface area contributed by atoms with Crippen LogP contribution in [0.4, 0.5) is 0 Å². The second-order valence-corrected chi connectivity index (χ2v) is 6.57. The fourth-order valence-electron chi connectivity index (χ4n) is 3.24. The average molecular weight is 355 g/mol. The number of aryl methyl sites for hydroxylation is 1.